The molecule has 0 aromatic heterocycles. The van der Waals surface area contributed by atoms with Gasteiger partial charge in [0, 0.05) is 11.0 Å². The predicted octanol–water partition coefficient (Wildman–Crippen LogP) is 7.85. The molecule has 38 heavy (non-hydrogen) atoms. The number of rotatable bonds is 9. The Morgan fingerprint density at radius 1 is 0.868 bits per heavy atom. The van der Waals surface area contributed by atoms with Crippen LogP contribution < -0.4 is 0 Å². The molecule has 0 saturated heterocycles. The molecular weight excluding hydrogens is 468 g/mol. The molecule has 200 valence electrons. The van der Waals surface area contributed by atoms with Gasteiger partial charge in [-0.1, -0.05) is 80.3 Å². The molecule has 0 unspecified atom stereocenters. The lowest BCUT2D eigenvalue weighted by atomic mass is 9.69. The molecule has 0 spiro atoms. The van der Waals surface area contributed by atoms with Crippen LogP contribution in [0.25, 0.3) is 11.1 Å². The van der Waals surface area contributed by atoms with Gasteiger partial charge >= 0.3 is 0 Å². The maximum absolute atomic E-state index is 10.7. The minimum Gasteiger partial charge on any atom is -0.378 e. The van der Waals surface area contributed by atoms with Gasteiger partial charge in [0.1, 0.15) is 5.60 Å². The van der Waals surface area contributed by atoms with Crippen molar-refractivity contribution in [3.8, 4) is 23.0 Å². The van der Waals surface area contributed by atoms with E-state index in [4.69, 9.17) is 9.78 Å². The quantitative estimate of drug-likeness (QED) is 0.138. The predicted molar refractivity (Wildman–Crippen MR) is 156 cm³/mol. The van der Waals surface area contributed by atoms with E-state index in [0.29, 0.717) is 6.61 Å². The summed E-state index contributed by atoms with van der Waals surface area (Å²) in [6, 6.07) is 22.4. The van der Waals surface area contributed by atoms with Gasteiger partial charge in [0.25, 0.3) is 0 Å². The average molecular weight is 511 g/mol. The second-order valence-corrected chi connectivity index (χ2v) is 10.8. The van der Waals surface area contributed by atoms with E-state index in [1.54, 1.807) is 0 Å². The summed E-state index contributed by atoms with van der Waals surface area (Å²) in [5, 5.41) is 10.7. The van der Waals surface area contributed by atoms with Crippen LogP contribution >= 0.6 is 0 Å². The number of aliphatic hydroxyl groups is 1. The summed E-state index contributed by atoms with van der Waals surface area (Å²) in [6.07, 6.45) is 6.56. The lowest BCUT2D eigenvalue weighted by Crippen LogP contribution is -2.26. The lowest BCUT2D eigenvalue weighted by molar-refractivity contribution is -0.271. The summed E-state index contributed by atoms with van der Waals surface area (Å²) in [5.74, 6) is 6.46. The summed E-state index contributed by atoms with van der Waals surface area (Å²) < 4.78 is 0. The number of benzene rings is 3. The van der Waals surface area contributed by atoms with Gasteiger partial charge in [-0.3, -0.25) is 0 Å². The van der Waals surface area contributed by atoms with Crippen LogP contribution in [0.2, 0.25) is 0 Å². The molecule has 3 aromatic carbocycles. The molecule has 1 saturated carbocycles. The van der Waals surface area contributed by atoms with Crippen LogP contribution in [0.4, 0.5) is 0 Å². The molecule has 3 nitrogen and oxygen atoms in total. The Morgan fingerprint density at radius 3 is 2.08 bits per heavy atom. The first-order chi connectivity index (χ1) is 18.3. The molecule has 0 aliphatic heterocycles. The van der Waals surface area contributed by atoms with Crippen LogP contribution in [0.15, 0.2) is 60.7 Å². The summed E-state index contributed by atoms with van der Waals surface area (Å²) in [7, 11) is 1.54. The van der Waals surface area contributed by atoms with Crippen molar-refractivity contribution in [2.24, 2.45) is 0 Å². The van der Waals surface area contributed by atoms with Crippen molar-refractivity contribution >= 4 is 0 Å². The highest BCUT2D eigenvalue weighted by Gasteiger charge is 2.32. The summed E-state index contributed by atoms with van der Waals surface area (Å²) in [4.78, 5) is 9.70. The molecule has 3 aromatic rings. The highest BCUT2D eigenvalue weighted by molar-refractivity contribution is 5.68. The van der Waals surface area contributed by atoms with Gasteiger partial charge in [-0.05, 0) is 104 Å². The normalized spacial score (nSPS) is 14.8. The smallest absolute Gasteiger partial charge is 0.125 e. The van der Waals surface area contributed by atoms with E-state index >= 15 is 0 Å². The third kappa shape index (κ3) is 6.05. The second-order valence-electron chi connectivity index (χ2n) is 10.8. The fourth-order valence-corrected chi connectivity index (χ4v) is 5.98. The van der Waals surface area contributed by atoms with Gasteiger partial charge in [0.15, 0.2) is 0 Å². The van der Waals surface area contributed by atoms with E-state index in [9.17, 15) is 5.11 Å². The first-order valence-corrected chi connectivity index (χ1v) is 14.1. The summed E-state index contributed by atoms with van der Waals surface area (Å²) in [5.41, 5.74) is 9.02. The Bertz CT molecular complexity index is 1280. The van der Waals surface area contributed by atoms with Crippen molar-refractivity contribution in [2.45, 2.75) is 83.7 Å². The van der Waals surface area contributed by atoms with Gasteiger partial charge < -0.3 is 5.11 Å². The molecule has 1 aliphatic carbocycles. The van der Waals surface area contributed by atoms with Crippen molar-refractivity contribution in [2.75, 3.05) is 13.7 Å². The van der Waals surface area contributed by atoms with Crippen LogP contribution in [0.3, 0.4) is 0 Å². The van der Waals surface area contributed by atoms with Gasteiger partial charge in [-0.2, -0.15) is 0 Å². The molecule has 0 amide bonds. The number of hydrogen-bond donors (Lipinski definition) is 1. The van der Waals surface area contributed by atoms with E-state index < -0.39 is 5.60 Å². The van der Waals surface area contributed by atoms with Crippen LogP contribution in [0.5, 0.6) is 0 Å². The molecule has 0 atom stereocenters. The van der Waals surface area contributed by atoms with Crippen molar-refractivity contribution in [3.05, 3.63) is 94.0 Å². The fourth-order valence-electron chi connectivity index (χ4n) is 5.98. The standard InChI is InChI=1S/C35H42O3/c1-6-35(7-2,31-15-14-29(26(3)24-31)18-22-34(36)20-8-9-21-34)32-16-17-33(27(4)25-32)30-12-10-28(11-13-30)19-23-38-37-5/h10-17,24-25,36H,6-9,19-21,23H2,1-5H3. The molecule has 1 N–H and O–H groups in total. The number of hydrogen-bond acceptors (Lipinski definition) is 3. The first kappa shape index (κ1) is 28.1. The molecule has 0 radical (unpaired) electrons. The molecule has 1 aliphatic rings. The van der Waals surface area contributed by atoms with E-state index in [-0.39, 0.29) is 5.41 Å². The van der Waals surface area contributed by atoms with E-state index in [1.165, 1.54) is 46.1 Å². The number of aryl methyl sites for hydroxylation is 2. The Kier molecular flexibility index (Phi) is 9.11. The van der Waals surface area contributed by atoms with Gasteiger partial charge in [-0.15, -0.1) is 0 Å². The van der Waals surface area contributed by atoms with Crippen LogP contribution in [-0.4, -0.2) is 24.4 Å². The largest absolute Gasteiger partial charge is 0.378 e. The van der Waals surface area contributed by atoms with Gasteiger partial charge in [0.2, 0.25) is 0 Å². The zero-order valence-corrected chi connectivity index (χ0v) is 23.7. The molecule has 4 rings (SSSR count). The molecular formula is C35H42O3. The van der Waals surface area contributed by atoms with Crippen molar-refractivity contribution in [1.82, 2.24) is 0 Å². The lowest BCUT2D eigenvalue weighted by Gasteiger charge is -2.34. The zero-order valence-electron chi connectivity index (χ0n) is 23.7. The van der Waals surface area contributed by atoms with E-state index in [1.807, 2.05) is 0 Å². The van der Waals surface area contributed by atoms with E-state index in [2.05, 4.69) is 100 Å². The minimum absolute atomic E-state index is 0.0606. The second kappa shape index (κ2) is 12.3. The average Bonchev–Trinajstić information content (AvgIpc) is 3.36. The first-order valence-electron chi connectivity index (χ1n) is 14.1. The summed E-state index contributed by atoms with van der Waals surface area (Å²) in [6.45, 7) is 9.48. The van der Waals surface area contributed by atoms with Crippen molar-refractivity contribution < 1.29 is 14.9 Å². The Balaban J connectivity index is 1.61. The van der Waals surface area contributed by atoms with Crippen LogP contribution in [-0.2, 0) is 21.6 Å². The SMILES string of the molecule is CCC(CC)(c1ccc(C#CC2(O)CCCC2)c(C)c1)c1ccc(-c2ccc(CCOOC)cc2)c(C)c1. The van der Waals surface area contributed by atoms with Crippen molar-refractivity contribution in [1.29, 1.82) is 0 Å². The summed E-state index contributed by atoms with van der Waals surface area (Å²) >= 11 is 0. The maximum Gasteiger partial charge on any atom is 0.125 e. The highest BCUT2D eigenvalue weighted by atomic mass is 17.2. The highest BCUT2D eigenvalue weighted by Crippen LogP contribution is 2.41. The van der Waals surface area contributed by atoms with Crippen molar-refractivity contribution in [3.63, 3.8) is 0 Å². The third-order valence-electron chi connectivity index (χ3n) is 8.48. The van der Waals surface area contributed by atoms with Crippen LogP contribution in [0, 0.1) is 25.7 Å². The molecule has 3 heteroatoms. The Hall–Kier alpha value is -2.90. The Labute approximate surface area is 229 Å². The van der Waals surface area contributed by atoms with Gasteiger partial charge in [-0.25, -0.2) is 9.78 Å². The molecule has 1 fully saturated rings. The topological polar surface area (TPSA) is 38.7 Å². The van der Waals surface area contributed by atoms with Crippen LogP contribution in [0.1, 0.15) is 85.8 Å². The molecule has 0 heterocycles. The third-order valence-corrected chi connectivity index (χ3v) is 8.48. The zero-order chi connectivity index (χ0) is 27.2. The fraction of sp³-hybridized carbons (Fsp3) is 0.429. The maximum atomic E-state index is 10.7. The van der Waals surface area contributed by atoms with Gasteiger partial charge in [0.05, 0.1) is 13.7 Å². The van der Waals surface area contributed by atoms with E-state index in [0.717, 1.165) is 50.5 Å². The monoisotopic (exact) mass is 510 g/mol. The molecule has 0 bridgehead atoms. The minimum atomic E-state index is -0.806. The Morgan fingerprint density at radius 2 is 1.50 bits per heavy atom.